The highest BCUT2D eigenvalue weighted by molar-refractivity contribution is 7.89. The molecule has 0 aliphatic rings. The summed E-state index contributed by atoms with van der Waals surface area (Å²) in [6.07, 6.45) is 0.778. The van der Waals surface area contributed by atoms with Crippen molar-refractivity contribution in [2.45, 2.75) is 51.6 Å². The first-order chi connectivity index (χ1) is 9.75. The van der Waals surface area contributed by atoms with Gasteiger partial charge in [-0.1, -0.05) is 18.5 Å². The largest absolute Gasteiger partial charge is 0.316 e. The van der Waals surface area contributed by atoms with Gasteiger partial charge in [-0.3, -0.25) is 0 Å². The number of sulfonamides is 1. The average molecular weight is 333 g/mol. The third kappa shape index (κ3) is 4.19. The van der Waals surface area contributed by atoms with Gasteiger partial charge in [0.2, 0.25) is 10.0 Å². The fraction of sp³-hybridized carbons (Fsp3) is 0.600. The van der Waals surface area contributed by atoms with Crippen LogP contribution >= 0.6 is 11.6 Å². The lowest BCUT2D eigenvalue weighted by Crippen LogP contribution is -2.38. The average Bonchev–Trinajstić information content (AvgIpc) is 2.39. The van der Waals surface area contributed by atoms with E-state index in [1.54, 1.807) is 6.07 Å². The quantitative estimate of drug-likeness (QED) is 0.834. The normalized spacial score (nSPS) is 12.4. The van der Waals surface area contributed by atoms with Gasteiger partial charge in [-0.25, -0.2) is 8.42 Å². The van der Waals surface area contributed by atoms with Crippen molar-refractivity contribution in [2.24, 2.45) is 0 Å². The molecule has 1 aromatic rings. The summed E-state index contributed by atoms with van der Waals surface area (Å²) in [5, 5.41) is 3.49. The summed E-state index contributed by atoms with van der Waals surface area (Å²) in [5.74, 6) is 0. The maximum atomic E-state index is 12.9. The first kappa shape index (κ1) is 18.4. The Labute approximate surface area is 133 Å². The smallest absolute Gasteiger partial charge is 0.243 e. The molecule has 0 fully saturated rings. The second kappa shape index (κ2) is 7.58. The van der Waals surface area contributed by atoms with E-state index in [-0.39, 0.29) is 6.04 Å². The Morgan fingerprint density at radius 3 is 2.43 bits per heavy atom. The van der Waals surface area contributed by atoms with Crippen LogP contribution in [-0.4, -0.2) is 32.4 Å². The Balaban J connectivity index is 3.43. The molecular weight excluding hydrogens is 308 g/mol. The van der Waals surface area contributed by atoms with Gasteiger partial charge in [-0.15, -0.1) is 0 Å². The van der Waals surface area contributed by atoms with Crippen LogP contribution in [0.25, 0.3) is 0 Å². The van der Waals surface area contributed by atoms with Crippen molar-refractivity contribution in [2.75, 3.05) is 13.6 Å². The number of hydrogen-bond acceptors (Lipinski definition) is 3. The molecule has 0 aromatic heterocycles. The van der Waals surface area contributed by atoms with Gasteiger partial charge < -0.3 is 5.32 Å². The number of nitrogens with one attached hydrogen (secondary N) is 1. The van der Waals surface area contributed by atoms with Gasteiger partial charge in [0.25, 0.3) is 0 Å². The van der Waals surface area contributed by atoms with Gasteiger partial charge >= 0.3 is 0 Å². The number of halogens is 1. The molecule has 0 bridgehead atoms. The molecule has 0 aliphatic heterocycles. The first-order valence-electron chi connectivity index (χ1n) is 7.21. The number of nitrogens with zero attached hydrogens (tertiary/aromatic N) is 1. The second-order valence-electron chi connectivity index (χ2n) is 5.43. The summed E-state index contributed by atoms with van der Waals surface area (Å²) in [4.78, 5) is 0.308. The van der Waals surface area contributed by atoms with Crippen molar-refractivity contribution in [1.29, 1.82) is 0 Å². The highest BCUT2D eigenvalue weighted by Gasteiger charge is 2.28. The molecule has 0 radical (unpaired) electrons. The lowest BCUT2D eigenvalue weighted by Gasteiger charge is -2.27. The molecule has 0 aliphatic carbocycles. The Morgan fingerprint density at radius 1 is 1.33 bits per heavy atom. The Bertz CT molecular complexity index is 586. The Morgan fingerprint density at radius 2 is 1.95 bits per heavy atom. The van der Waals surface area contributed by atoms with Gasteiger partial charge in [-0.2, -0.15) is 4.31 Å². The fourth-order valence-electron chi connectivity index (χ4n) is 2.35. The van der Waals surface area contributed by atoms with Gasteiger partial charge in [0, 0.05) is 24.2 Å². The molecule has 6 heteroatoms. The van der Waals surface area contributed by atoms with E-state index in [0.29, 0.717) is 23.0 Å². The zero-order chi connectivity index (χ0) is 16.2. The third-order valence-electron chi connectivity index (χ3n) is 3.41. The van der Waals surface area contributed by atoms with Crippen LogP contribution in [0, 0.1) is 6.92 Å². The van der Waals surface area contributed by atoms with E-state index in [0.717, 1.165) is 17.5 Å². The monoisotopic (exact) mass is 332 g/mol. The zero-order valence-corrected chi connectivity index (χ0v) is 15.0. The number of benzene rings is 1. The molecule has 1 rings (SSSR count). The molecule has 120 valence electrons. The van der Waals surface area contributed by atoms with Crippen LogP contribution in [0.4, 0.5) is 0 Å². The van der Waals surface area contributed by atoms with Crippen molar-refractivity contribution >= 4 is 21.6 Å². The molecule has 0 unspecified atom stereocenters. The number of rotatable bonds is 7. The summed E-state index contributed by atoms with van der Waals surface area (Å²) in [7, 11) is -1.71. The van der Waals surface area contributed by atoms with Gasteiger partial charge in [-0.05, 0) is 57.5 Å². The first-order valence-corrected chi connectivity index (χ1v) is 9.03. The predicted octanol–water partition coefficient (Wildman–Crippen LogP) is 3.18. The Kier molecular flexibility index (Phi) is 6.66. The molecular formula is C15H25ClN2O2S. The van der Waals surface area contributed by atoms with Crippen molar-refractivity contribution in [3.63, 3.8) is 0 Å². The fourth-order valence-corrected chi connectivity index (χ4v) is 4.68. The van der Waals surface area contributed by atoms with Crippen LogP contribution in [-0.2, 0) is 16.6 Å². The molecule has 0 heterocycles. The van der Waals surface area contributed by atoms with E-state index in [4.69, 9.17) is 11.6 Å². The minimum absolute atomic E-state index is 0.0823. The zero-order valence-electron chi connectivity index (χ0n) is 13.4. The molecule has 1 aromatic carbocycles. The molecule has 0 saturated heterocycles. The minimum atomic E-state index is -3.54. The highest BCUT2D eigenvalue weighted by atomic mass is 35.5. The lowest BCUT2D eigenvalue weighted by molar-refractivity contribution is 0.354. The van der Waals surface area contributed by atoms with E-state index in [1.165, 1.54) is 4.31 Å². The maximum absolute atomic E-state index is 12.9. The van der Waals surface area contributed by atoms with E-state index in [9.17, 15) is 8.42 Å². The lowest BCUT2D eigenvalue weighted by atomic mass is 10.1. The molecule has 4 nitrogen and oxygen atoms in total. The van der Waals surface area contributed by atoms with Crippen LogP contribution < -0.4 is 5.32 Å². The minimum Gasteiger partial charge on any atom is -0.316 e. The summed E-state index contributed by atoms with van der Waals surface area (Å²) in [5.41, 5.74) is 1.67. The standard InChI is InChI=1S/C15H25ClN2O2S/c1-6-7-18(11(2)3)21(19,20)15-9-14(16)8-13(10-17-5)12(15)4/h8-9,11,17H,6-7,10H2,1-5H3. The van der Waals surface area contributed by atoms with Crippen LogP contribution in [0.3, 0.4) is 0 Å². The number of hydrogen-bond donors (Lipinski definition) is 1. The van der Waals surface area contributed by atoms with Gasteiger partial charge in [0.05, 0.1) is 4.90 Å². The van der Waals surface area contributed by atoms with Crippen LogP contribution in [0.2, 0.25) is 5.02 Å². The maximum Gasteiger partial charge on any atom is 0.243 e. The topological polar surface area (TPSA) is 49.4 Å². The highest BCUT2D eigenvalue weighted by Crippen LogP contribution is 2.28. The third-order valence-corrected chi connectivity index (χ3v) is 5.83. The van der Waals surface area contributed by atoms with E-state index in [2.05, 4.69) is 5.32 Å². The SMILES string of the molecule is CCCN(C(C)C)S(=O)(=O)c1cc(Cl)cc(CNC)c1C. The summed E-state index contributed by atoms with van der Waals surface area (Å²) in [6.45, 7) is 8.68. The van der Waals surface area contributed by atoms with Crippen LogP contribution in [0.15, 0.2) is 17.0 Å². The summed E-state index contributed by atoms with van der Waals surface area (Å²) < 4.78 is 27.4. The van der Waals surface area contributed by atoms with Crippen molar-refractivity contribution in [3.8, 4) is 0 Å². The van der Waals surface area contributed by atoms with E-state index >= 15 is 0 Å². The molecule has 0 atom stereocenters. The van der Waals surface area contributed by atoms with Crippen LogP contribution in [0.5, 0.6) is 0 Å². The summed E-state index contributed by atoms with van der Waals surface area (Å²) >= 11 is 6.11. The van der Waals surface area contributed by atoms with E-state index < -0.39 is 10.0 Å². The molecule has 0 amide bonds. The molecule has 21 heavy (non-hydrogen) atoms. The molecule has 0 spiro atoms. The van der Waals surface area contributed by atoms with E-state index in [1.807, 2.05) is 40.8 Å². The van der Waals surface area contributed by atoms with Crippen molar-refractivity contribution in [1.82, 2.24) is 9.62 Å². The van der Waals surface area contributed by atoms with Crippen molar-refractivity contribution in [3.05, 3.63) is 28.3 Å². The van der Waals surface area contributed by atoms with Gasteiger partial charge in [0.1, 0.15) is 0 Å². The predicted molar refractivity (Wildman–Crippen MR) is 88.3 cm³/mol. The van der Waals surface area contributed by atoms with Gasteiger partial charge in [0.15, 0.2) is 0 Å². The second-order valence-corrected chi connectivity index (χ2v) is 7.72. The Hall–Kier alpha value is -0.620. The molecule has 1 N–H and O–H groups in total. The summed E-state index contributed by atoms with van der Waals surface area (Å²) in [6, 6.07) is 3.28. The van der Waals surface area contributed by atoms with Crippen LogP contribution in [0.1, 0.15) is 38.3 Å². The molecule has 0 saturated carbocycles. The van der Waals surface area contributed by atoms with Crippen molar-refractivity contribution < 1.29 is 8.42 Å².